The van der Waals surface area contributed by atoms with Crippen LogP contribution in [0.1, 0.15) is 60.3 Å². The van der Waals surface area contributed by atoms with E-state index in [0.29, 0.717) is 17.2 Å². The summed E-state index contributed by atoms with van der Waals surface area (Å²) in [4.78, 5) is 28.3. The Morgan fingerprint density at radius 2 is 1.76 bits per heavy atom. The molecule has 0 aliphatic carbocycles. The number of aryl methyl sites for hydroxylation is 1. The standard InChI is InChI=1S/C26H33N3O4/c1-5-6-10-20(25-22(32-3)14-17(2)15-23(25)33-4)29-24(30)12-13-27-26(31)21-16-18-9-7-8-11-19(18)28-21/h7-9,11,14-16,20,28H,5-6,10,12-13H2,1-4H3,(H,27,31)(H,29,30). The van der Waals surface area contributed by atoms with E-state index in [1.54, 1.807) is 14.2 Å². The fourth-order valence-corrected chi connectivity index (χ4v) is 3.96. The number of nitrogens with one attached hydrogen (secondary N) is 3. The van der Waals surface area contributed by atoms with E-state index in [2.05, 4.69) is 22.5 Å². The number of hydrogen-bond acceptors (Lipinski definition) is 4. The van der Waals surface area contributed by atoms with E-state index >= 15 is 0 Å². The van der Waals surface area contributed by atoms with Gasteiger partial charge in [-0.25, -0.2) is 0 Å². The molecule has 1 aromatic heterocycles. The molecule has 0 saturated carbocycles. The summed E-state index contributed by atoms with van der Waals surface area (Å²) >= 11 is 0. The Kier molecular flexibility index (Phi) is 8.35. The van der Waals surface area contributed by atoms with Crippen molar-refractivity contribution in [1.82, 2.24) is 15.6 Å². The third kappa shape index (κ3) is 6.06. The normalized spacial score (nSPS) is 11.8. The summed E-state index contributed by atoms with van der Waals surface area (Å²) in [6.45, 7) is 4.33. The highest BCUT2D eigenvalue weighted by molar-refractivity contribution is 5.98. The average Bonchev–Trinajstić information content (AvgIpc) is 3.25. The summed E-state index contributed by atoms with van der Waals surface area (Å²) in [7, 11) is 3.24. The van der Waals surface area contributed by atoms with Crippen molar-refractivity contribution in [3.8, 4) is 11.5 Å². The molecular weight excluding hydrogens is 418 g/mol. The first-order valence-electron chi connectivity index (χ1n) is 11.3. The maximum atomic E-state index is 12.8. The van der Waals surface area contributed by atoms with Crippen molar-refractivity contribution in [2.75, 3.05) is 20.8 Å². The number of unbranched alkanes of at least 4 members (excludes halogenated alkanes) is 1. The van der Waals surface area contributed by atoms with E-state index in [0.717, 1.165) is 41.3 Å². The fourth-order valence-electron chi connectivity index (χ4n) is 3.96. The van der Waals surface area contributed by atoms with Crippen LogP contribution in [0, 0.1) is 6.92 Å². The molecule has 1 unspecified atom stereocenters. The van der Waals surface area contributed by atoms with Gasteiger partial charge in [0, 0.05) is 23.9 Å². The summed E-state index contributed by atoms with van der Waals surface area (Å²) in [5.41, 5.74) is 3.24. The lowest BCUT2D eigenvalue weighted by molar-refractivity contribution is -0.121. The van der Waals surface area contributed by atoms with Gasteiger partial charge in [-0.2, -0.15) is 0 Å². The average molecular weight is 452 g/mol. The quantitative estimate of drug-likeness (QED) is 0.395. The van der Waals surface area contributed by atoms with Gasteiger partial charge in [-0.05, 0) is 43.2 Å². The van der Waals surface area contributed by atoms with Crippen molar-refractivity contribution < 1.29 is 19.1 Å². The third-order valence-corrected chi connectivity index (χ3v) is 5.63. The van der Waals surface area contributed by atoms with Crippen LogP contribution < -0.4 is 20.1 Å². The molecule has 3 rings (SSSR count). The summed E-state index contributed by atoms with van der Waals surface area (Å²) in [6, 6.07) is 13.2. The van der Waals surface area contributed by atoms with Crippen molar-refractivity contribution in [2.45, 2.75) is 45.6 Å². The van der Waals surface area contributed by atoms with Crippen LogP contribution in [-0.2, 0) is 4.79 Å². The van der Waals surface area contributed by atoms with Crippen LogP contribution in [0.15, 0.2) is 42.5 Å². The zero-order chi connectivity index (χ0) is 23.8. The SMILES string of the molecule is CCCCC(NC(=O)CCNC(=O)c1cc2ccccc2[nH]1)c1c(OC)cc(C)cc1OC. The lowest BCUT2D eigenvalue weighted by Crippen LogP contribution is -2.33. The molecule has 2 amide bonds. The summed E-state index contributed by atoms with van der Waals surface area (Å²) in [5.74, 6) is 1.02. The van der Waals surface area contributed by atoms with Crippen LogP contribution >= 0.6 is 0 Å². The number of methoxy groups -OCH3 is 2. The molecule has 1 heterocycles. The minimum Gasteiger partial charge on any atom is -0.496 e. The van der Waals surface area contributed by atoms with Crippen molar-refractivity contribution in [1.29, 1.82) is 0 Å². The Balaban J connectivity index is 1.64. The molecule has 2 aromatic carbocycles. The number of H-pyrrole nitrogens is 1. The second-order valence-corrected chi connectivity index (χ2v) is 8.12. The molecule has 7 heteroatoms. The predicted octanol–water partition coefficient (Wildman–Crippen LogP) is 4.66. The van der Waals surface area contributed by atoms with E-state index in [4.69, 9.17) is 9.47 Å². The smallest absolute Gasteiger partial charge is 0.267 e. The van der Waals surface area contributed by atoms with E-state index in [9.17, 15) is 9.59 Å². The first kappa shape index (κ1) is 24.2. The summed E-state index contributed by atoms with van der Waals surface area (Å²) in [5, 5.41) is 6.91. The molecule has 3 aromatic rings. The Morgan fingerprint density at radius 1 is 1.06 bits per heavy atom. The third-order valence-electron chi connectivity index (χ3n) is 5.63. The Bertz CT molecular complexity index is 1050. The number of benzene rings is 2. The summed E-state index contributed by atoms with van der Waals surface area (Å²) < 4.78 is 11.2. The number of ether oxygens (including phenoxy) is 2. The van der Waals surface area contributed by atoms with Crippen molar-refractivity contribution in [2.24, 2.45) is 0 Å². The van der Waals surface area contributed by atoms with Gasteiger partial charge in [0.1, 0.15) is 17.2 Å². The Labute approximate surface area is 194 Å². The molecular formula is C26H33N3O4. The second-order valence-electron chi connectivity index (χ2n) is 8.12. The molecule has 0 bridgehead atoms. The highest BCUT2D eigenvalue weighted by atomic mass is 16.5. The Morgan fingerprint density at radius 3 is 2.39 bits per heavy atom. The van der Waals surface area contributed by atoms with Crippen LogP contribution in [0.5, 0.6) is 11.5 Å². The number of rotatable bonds is 11. The number of fused-ring (bicyclic) bond motifs is 1. The van der Waals surface area contributed by atoms with Gasteiger partial charge in [0.15, 0.2) is 0 Å². The van der Waals surface area contributed by atoms with E-state index in [1.165, 1.54) is 0 Å². The van der Waals surface area contributed by atoms with Gasteiger partial charge >= 0.3 is 0 Å². The number of para-hydroxylation sites is 1. The van der Waals surface area contributed by atoms with Gasteiger partial charge < -0.3 is 25.1 Å². The number of aromatic amines is 1. The van der Waals surface area contributed by atoms with Crippen molar-refractivity contribution in [3.63, 3.8) is 0 Å². The van der Waals surface area contributed by atoms with Crippen LogP contribution in [0.25, 0.3) is 10.9 Å². The Hall–Kier alpha value is -3.48. The van der Waals surface area contributed by atoms with Gasteiger partial charge in [0.05, 0.1) is 25.8 Å². The topological polar surface area (TPSA) is 92.5 Å². The van der Waals surface area contributed by atoms with Crippen molar-refractivity contribution >= 4 is 22.7 Å². The molecule has 0 aliphatic heterocycles. The van der Waals surface area contributed by atoms with Gasteiger partial charge in [-0.3, -0.25) is 9.59 Å². The number of aromatic nitrogens is 1. The molecule has 3 N–H and O–H groups in total. The lowest BCUT2D eigenvalue weighted by atomic mass is 9.97. The van der Waals surface area contributed by atoms with Crippen LogP contribution in [0.2, 0.25) is 0 Å². The number of hydrogen-bond donors (Lipinski definition) is 3. The van der Waals surface area contributed by atoms with E-state index in [1.807, 2.05) is 49.4 Å². The first-order valence-corrected chi connectivity index (χ1v) is 11.3. The highest BCUT2D eigenvalue weighted by Gasteiger charge is 2.23. The monoisotopic (exact) mass is 451 g/mol. The molecule has 0 aliphatic rings. The van der Waals surface area contributed by atoms with Crippen LogP contribution in [0.4, 0.5) is 0 Å². The zero-order valence-corrected chi connectivity index (χ0v) is 19.8. The van der Waals surface area contributed by atoms with Gasteiger partial charge in [-0.1, -0.05) is 38.0 Å². The zero-order valence-electron chi connectivity index (χ0n) is 19.8. The van der Waals surface area contributed by atoms with E-state index in [-0.39, 0.29) is 30.8 Å². The highest BCUT2D eigenvalue weighted by Crippen LogP contribution is 2.37. The predicted molar refractivity (Wildman–Crippen MR) is 130 cm³/mol. The van der Waals surface area contributed by atoms with Gasteiger partial charge in [0.2, 0.25) is 5.91 Å². The molecule has 176 valence electrons. The van der Waals surface area contributed by atoms with Crippen LogP contribution in [0.3, 0.4) is 0 Å². The molecule has 0 radical (unpaired) electrons. The minimum atomic E-state index is -0.243. The second kappa shape index (κ2) is 11.4. The maximum Gasteiger partial charge on any atom is 0.267 e. The van der Waals surface area contributed by atoms with E-state index < -0.39 is 0 Å². The molecule has 0 saturated heterocycles. The molecule has 0 fully saturated rings. The fraction of sp³-hybridized carbons (Fsp3) is 0.385. The molecule has 1 atom stereocenters. The van der Waals surface area contributed by atoms with Crippen LogP contribution in [-0.4, -0.2) is 37.6 Å². The maximum absolute atomic E-state index is 12.8. The minimum absolute atomic E-state index is 0.141. The van der Waals surface area contributed by atoms with Gasteiger partial charge in [-0.15, -0.1) is 0 Å². The summed E-state index contributed by atoms with van der Waals surface area (Å²) in [6.07, 6.45) is 2.89. The van der Waals surface area contributed by atoms with Crippen molar-refractivity contribution in [3.05, 3.63) is 59.3 Å². The largest absolute Gasteiger partial charge is 0.496 e. The lowest BCUT2D eigenvalue weighted by Gasteiger charge is -2.24. The molecule has 7 nitrogen and oxygen atoms in total. The first-order chi connectivity index (χ1) is 16.0. The number of carbonyl (C=O) groups is 2. The number of carbonyl (C=O) groups excluding carboxylic acids is 2. The molecule has 0 spiro atoms. The molecule has 33 heavy (non-hydrogen) atoms. The van der Waals surface area contributed by atoms with Gasteiger partial charge in [0.25, 0.3) is 5.91 Å². The number of amides is 2.